The molecule has 1 N–H and O–H groups in total. The number of aryl methyl sites for hydroxylation is 1. The molecule has 0 fully saturated rings. The van der Waals surface area contributed by atoms with Gasteiger partial charge in [-0.15, -0.1) is 0 Å². The third kappa shape index (κ3) is 2.16. The Morgan fingerprint density at radius 2 is 1.93 bits per heavy atom. The van der Waals surface area contributed by atoms with Crippen LogP contribution in [0.25, 0.3) is 0 Å². The van der Waals surface area contributed by atoms with Gasteiger partial charge in [-0.3, -0.25) is 15.0 Å². The Morgan fingerprint density at radius 1 is 1.07 bits per heavy atom. The highest BCUT2D eigenvalue weighted by Crippen LogP contribution is 2.16. The molecule has 0 aliphatic rings. The van der Waals surface area contributed by atoms with Crippen LogP contribution in [0, 0.1) is 6.92 Å². The molecule has 1 atom stereocenters. The van der Waals surface area contributed by atoms with Crippen molar-refractivity contribution < 1.29 is 5.11 Å². The van der Waals surface area contributed by atoms with Crippen LogP contribution in [0.2, 0.25) is 0 Å². The Hall–Kier alpha value is -1.81. The summed E-state index contributed by atoms with van der Waals surface area (Å²) in [6.45, 7) is 1.95. The summed E-state index contributed by atoms with van der Waals surface area (Å²) in [6.07, 6.45) is 5.56. The molecule has 0 amide bonds. The van der Waals surface area contributed by atoms with Crippen molar-refractivity contribution in [3.05, 3.63) is 53.9 Å². The quantitative estimate of drug-likeness (QED) is 0.794. The first kappa shape index (κ1) is 9.73. The van der Waals surface area contributed by atoms with Crippen molar-refractivity contribution in [2.45, 2.75) is 13.0 Å². The second-order valence-corrected chi connectivity index (χ2v) is 3.29. The summed E-state index contributed by atoms with van der Waals surface area (Å²) in [5, 5.41) is 9.92. The average molecular weight is 201 g/mol. The normalized spacial score (nSPS) is 12.4. The van der Waals surface area contributed by atoms with Crippen molar-refractivity contribution in [2.75, 3.05) is 0 Å². The van der Waals surface area contributed by atoms with Gasteiger partial charge >= 0.3 is 0 Å². The number of rotatable bonds is 2. The lowest BCUT2D eigenvalue weighted by molar-refractivity contribution is 0.210. The predicted molar refractivity (Wildman–Crippen MR) is 55.1 cm³/mol. The minimum Gasteiger partial charge on any atom is -0.380 e. The van der Waals surface area contributed by atoms with Gasteiger partial charge in [-0.1, -0.05) is 6.07 Å². The lowest BCUT2D eigenvalue weighted by atomic mass is 10.1. The van der Waals surface area contributed by atoms with Gasteiger partial charge in [-0.05, 0) is 18.6 Å². The predicted octanol–water partition coefficient (Wildman–Crippen LogP) is 1.26. The minimum absolute atomic E-state index is 0.508. The Labute approximate surface area is 87.7 Å². The summed E-state index contributed by atoms with van der Waals surface area (Å²) >= 11 is 0. The maximum absolute atomic E-state index is 9.92. The Morgan fingerprint density at radius 3 is 2.53 bits per heavy atom. The van der Waals surface area contributed by atoms with Crippen molar-refractivity contribution in [2.24, 2.45) is 0 Å². The number of hydrogen-bond acceptors (Lipinski definition) is 4. The number of pyridine rings is 1. The molecular formula is C11H11N3O. The van der Waals surface area contributed by atoms with Crippen LogP contribution in [-0.4, -0.2) is 20.1 Å². The van der Waals surface area contributed by atoms with Crippen LogP contribution >= 0.6 is 0 Å². The molecule has 1 unspecified atom stereocenters. The SMILES string of the molecule is Cc1ccc(C(O)c2cnccn2)nc1. The van der Waals surface area contributed by atoms with Crippen LogP contribution in [-0.2, 0) is 0 Å². The highest BCUT2D eigenvalue weighted by molar-refractivity contribution is 5.19. The molecule has 76 valence electrons. The van der Waals surface area contributed by atoms with E-state index in [0.29, 0.717) is 11.4 Å². The standard InChI is InChI=1S/C11H11N3O/c1-8-2-3-9(14-6-8)11(15)10-7-12-4-5-13-10/h2-7,11,15H,1H3. The lowest BCUT2D eigenvalue weighted by Gasteiger charge is -2.08. The largest absolute Gasteiger partial charge is 0.380 e. The summed E-state index contributed by atoms with van der Waals surface area (Å²) in [5.41, 5.74) is 2.15. The van der Waals surface area contributed by atoms with Gasteiger partial charge < -0.3 is 5.11 Å². The number of nitrogens with zero attached hydrogens (tertiary/aromatic N) is 3. The molecule has 4 heteroatoms. The summed E-state index contributed by atoms with van der Waals surface area (Å²) < 4.78 is 0. The molecule has 0 aliphatic heterocycles. The molecule has 2 heterocycles. The second kappa shape index (κ2) is 4.14. The molecule has 0 saturated carbocycles. The second-order valence-electron chi connectivity index (χ2n) is 3.29. The lowest BCUT2D eigenvalue weighted by Crippen LogP contribution is -2.04. The summed E-state index contributed by atoms with van der Waals surface area (Å²) in [4.78, 5) is 12.1. The summed E-state index contributed by atoms with van der Waals surface area (Å²) in [7, 11) is 0. The molecule has 2 aromatic heterocycles. The van der Waals surface area contributed by atoms with Crippen molar-refractivity contribution >= 4 is 0 Å². The molecule has 0 aromatic carbocycles. The summed E-state index contributed by atoms with van der Waals surface area (Å²) in [5.74, 6) is 0. The van der Waals surface area contributed by atoms with Crippen LogP contribution in [0.5, 0.6) is 0 Å². The van der Waals surface area contributed by atoms with Crippen molar-refractivity contribution in [3.63, 3.8) is 0 Å². The highest BCUT2D eigenvalue weighted by Gasteiger charge is 2.12. The first-order valence-electron chi connectivity index (χ1n) is 4.64. The summed E-state index contributed by atoms with van der Waals surface area (Å²) in [6, 6.07) is 3.69. The molecule has 0 aliphatic carbocycles. The average Bonchev–Trinajstić information content (AvgIpc) is 2.30. The van der Waals surface area contributed by atoms with E-state index in [1.54, 1.807) is 24.7 Å². The first-order valence-corrected chi connectivity index (χ1v) is 4.64. The van der Waals surface area contributed by atoms with E-state index < -0.39 is 6.10 Å². The van der Waals surface area contributed by atoms with E-state index in [2.05, 4.69) is 15.0 Å². The molecule has 2 rings (SSSR count). The topological polar surface area (TPSA) is 58.9 Å². The van der Waals surface area contributed by atoms with E-state index in [1.165, 1.54) is 6.20 Å². The molecule has 15 heavy (non-hydrogen) atoms. The van der Waals surface area contributed by atoms with Gasteiger partial charge in [0.15, 0.2) is 0 Å². The first-order chi connectivity index (χ1) is 7.27. The van der Waals surface area contributed by atoms with E-state index >= 15 is 0 Å². The molecule has 2 aromatic rings. The number of aliphatic hydroxyl groups excluding tert-OH is 1. The molecule has 0 saturated heterocycles. The zero-order valence-electron chi connectivity index (χ0n) is 8.33. The minimum atomic E-state index is -0.806. The number of aliphatic hydroxyl groups is 1. The van der Waals surface area contributed by atoms with Crippen LogP contribution in [0.1, 0.15) is 23.1 Å². The Bertz CT molecular complexity index is 427. The Kier molecular flexibility index (Phi) is 2.69. The fraction of sp³-hybridized carbons (Fsp3) is 0.182. The smallest absolute Gasteiger partial charge is 0.139 e. The zero-order valence-corrected chi connectivity index (χ0v) is 8.33. The van der Waals surface area contributed by atoms with Crippen LogP contribution in [0.3, 0.4) is 0 Å². The molecule has 4 nitrogen and oxygen atoms in total. The van der Waals surface area contributed by atoms with E-state index in [-0.39, 0.29) is 0 Å². The van der Waals surface area contributed by atoms with E-state index in [9.17, 15) is 5.11 Å². The van der Waals surface area contributed by atoms with Crippen molar-refractivity contribution in [3.8, 4) is 0 Å². The number of hydrogen-bond donors (Lipinski definition) is 1. The molecule has 0 spiro atoms. The Balaban J connectivity index is 2.29. The maximum Gasteiger partial charge on any atom is 0.139 e. The number of aromatic nitrogens is 3. The van der Waals surface area contributed by atoms with Gasteiger partial charge in [0.25, 0.3) is 0 Å². The van der Waals surface area contributed by atoms with Gasteiger partial charge in [-0.2, -0.15) is 0 Å². The van der Waals surface area contributed by atoms with Crippen LogP contribution in [0.4, 0.5) is 0 Å². The van der Waals surface area contributed by atoms with E-state index in [1.807, 2.05) is 13.0 Å². The van der Waals surface area contributed by atoms with E-state index in [4.69, 9.17) is 0 Å². The van der Waals surface area contributed by atoms with Gasteiger partial charge in [0.1, 0.15) is 6.10 Å². The monoisotopic (exact) mass is 201 g/mol. The van der Waals surface area contributed by atoms with Crippen molar-refractivity contribution in [1.82, 2.24) is 15.0 Å². The van der Waals surface area contributed by atoms with E-state index in [0.717, 1.165) is 5.56 Å². The molecule has 0 radical (unpaired) electrons. The van der Waals surface area contributed by atoms with Gasteiger partial charge in [0.2, 0.25) is 0 Å². The molecule has 0 bridgehead atoms. The highest BCUT2D eigenvalue weighted by atomic mass is 16.3. The zero-order chi connectivity index (χ0) is 10.7. The van der Waals surface area contributed by atoms with Crippen LogP contribution in [0.15, 0.2) is 36.9 Å². The third-order valence-electron chi connectivity index (χ3n) is 2.08. The fourth-order valence-electron chi connectivity index (χ4n) is 1.24. The maximum atomic E-state index is 9.92. The van der Waals surface area contributed by atoms with Crippen LogP contribution < -0.4 is 0 Å². The van der Waals surface area contributed by atoms with Gasteiger partial charge in [-0.25, -0.2) is 0 Å². The van der Waals surface area contributed by atoms with Gasteiger partial charge in [0, 0.05) is 18.6 Å². The molecular weight excluding hydrogens is 190 g/mol. The van der Waals surface area contributed by atoms with Gasteiger partial charge in [0.05, 0.1) is 17.6 Å². The van der Waals surface area contributed by atoms with Crippen molar-refractivity contribution in [1.29, 1.82) is 0 Å². The third-order valence-corrected chi connectivity index (χ3v) is 2.08. The fourth-order valence-corrected chi connectivity index (χ4v) is 1.24.